The number of hydrogen-bond donors (Lipinski definition) is 1. The Morgan fingerprint density at radius 3 is 2.72 bits per heavy atom. The number of rotatable bonds is 3. The highest BCUT2D eigenvalue weighted by Crippen LogP contribution is 2.29. The van der Waals surface area contributed by atoms with E-state index >= 15 is 0 Å². The number of carbonyl (C=O) groups is 1. The Morgan fingerprint density at radius 1 is 1.44 bits per heavy atom. The minimum Gasteiger partial charge on any atom is -0.478 e. The summed E-state index contributed by atoms with van der Waals surface area (Å²) in [5.41, 5.74) is 7.44. The molecule has 2 N–H and O–H groups in total. The lowest BCUT2D eigenvalue weighted by Crippen LogP contribution is -2.29. The molecular formula is C13H19N3O2. The molecule has 1 saturated heterocycles. The van der Waals surface area contributed by atoms with Crippen LogP contribution in [0.1, 0.15) is 6.42 Å². The second kappa shape index (κ2) is 4.76. The molecule has 0 radical (unpaired) electrons. The van der Waals surface area contributed by atoms with Gasteiger partial charge in [-0.15, -0.1) is 0 Å². The Balaban J connectivity index is 2.18. The van der Waals surface area contributed by atoms with Crippen molar-refractivity contribution >= 4 is 17.3 Å². The van der Waals surface area contributed by atoms with Crippen molar-refractivity contribution in [2.24, 2.45) is 0 Å². The minimum absolute atomic E-state index is 0.0182. The fraction of sp³-hybridized carbons (Fsp3) is 0.462. The SMILES string of the molecule is CN1CCC(Oc2cc(N(C)C)ccc2N)C1=O. The molecule has 0 aromatic heterocycles. The molecule has 1 amide bonds. The number of likely N-dealkylation sites (tertiary alicyclic amines) is 1. The van der Waals surface area contributed by atoms with E-state index in [0.29, 0.717) is 17.9 Å². The molecular weight excluding hydrogens is 230 g/mol. The van der Waals surface area contributed by atoms with Crippen molar-refractivity contribution in [3.05, 3.63) is 18.2 Å². The fourth-order valence-corrected chi connectivity index (χ4v) is 1.96. The smallest absolute Gasteiger partial charge is 0.263 e. The van der Waals surface area contributed by atoms with E-state index < -0.39 is 6.10 Å². The number of amides is 1. The number of nitrogens with two attached hydrogens (primary N) is 1. The second-order valence-corrected chi connectivity index (χ2v) is 4.77. The van der Waals surface area contributed by atoms with Gasteiger partial charge in [-0.25, -0.2) is 0 Å². The largest absolute Gasteiger partial charge is 0.478 e. The van der Waals surface area contributed by atoms with Gasteiger partial charge in [0.25, 0.3) is 5.91 Å². The summed E-state index contributed by atoms with van der Waals surface area (Å²) in [7, 11) is 5.68. The third-order valence-corrected chi connectivity index (χ3v) is 3.16. The highest BCUT2D eigenvalue weighted by molar-refractivity contribution is 5.83. The molecule has 1 aliphatic rings. The number of carbonyl (C=O) groups excluding carboxylic acids is 1. The van der Waals surface area contributed by atoms with Gasteiger partial charge in [-0.2, -0.15) is 0 Å². The van der Waals surface area contributed by atoms with Gasteiger partial charge in [0.2, 0.25) is 0 Å². The Bertz CT molecular complexity index is 460. The van der Waals surface area contributed by atoms with Crippen molar-refractivity contribution in [2.45, 2.75) is 12.5 Å². The average molecular weight is 249 g/mol. The van der Waals surface area contributed by atoms with Gasteiger partial charge >= 0.3 is 0 Å². The first-order valence-corrected chi connectivity index (χ1v) is 5.97. The van der Waals surface area contributed by atoms with Gasteiger partial charge in [-0.3, -0.25) is 4.79 Å². The zero-order valence-corrected chi connectivity index (χ0v) is 11.0. The Labute approximate surface area is 107 Å². The number of hydrogen-bond acceptors (Lipinski definition) is 4. The molecule has 1 aliphatic heterocycles. The van der Waals surface area contributed by atoms with Crippen LogP contribution in [0.2, 0.25) is 0 Å². The van der Waals surface area contributed by atoms with Crippen LogP contribution in [-0.4, -0.2) is 44.6 Å². The van der Waals surface area contributed by atoms with Crippen LogP contribution in [0.15, 0.2) is 18.2 Å². The van der Waals surface area contributed by atoms with Gasteiger partial charge < -0.3 is 20.3 Å². The molecule has 1 unspecified atom stereocenters. The van der Waals surface area contributed by atoms with Crippen molar-refractivity contribution in [2.75, 3.05) is 38.3 Å². The molecule has 18 heavy (non-hydrogen) atoms. The van der Waals surface area contributed by atoms with Crippen molar-refractivity contribution < 1.29 is 9.53 Å². The molecule has 5 heteroatoms. The maximum Gasteiger partial charge on any atom is 0.263 e. The van der Waals surface area contributed by atoms with Gasteiger partial charge in [-0.1, -0.05) is 0 Å². The monoisotopic (exact) mass is 249 g/mol. The van der Waals surface area contributed by atoms with E-state index in [0.717, 1.165) is 12.2 Å². The standard InChI is InChI=1S/C13H19N3O2/c1-15(2)9-4-5-10(14)12(8-9)18-11-6-7-16(3)13(11)17/h4-5,8,11H,6-7,14H2,1-3H3. The van der Waals surface area contributed by atoms with Crippen molar-refractivity contribution in [1.82, 2.24) is 4.90 Å². The van der Waals surface area contributed by atoms with Crippen LogP contribution in [0.3, 0.4) is 0 Å². The summed E-state index contributed by atoms with van der Waals surface area (Å²) >= 11 is 0. The maximum absolute atomic E-state index is 11.8. The second-order valence-electron chi connectivity index (χ2n) is 4.77. The van der Waals surface area contributed by atoms with Gasteiger partial charge in [0.1, 0.15) is 5.75 Å². The number of benzene rings is 1. The van der Waals surface area contributed by atoms with E-state index in [-0.39, 0.29) is 5.91 Å². The van der Waals surface area contributed by atoms with E-state index in [9.17, 15) is 4.79 Å². The first-order valence-electron chi connectivity index (χ1n) is 5.97. The van der Waals surface area contributed by atoms with E-state index in [1.54, 1.807) is 18.0 Å². The van der Waals surface area contributed by atoms with Crippen LogP contribution in [0.25, 0.3) is 0 Å². The van der Waals surface area contributed by atoms with E-state index in [4.69, 9.17) is 10.5 Å². The molecule has 1 aromatic rings. The summed E-state index contributed by atoms with van der Waals surface area (Å²) in [5.74, 6) is 0.597. The van der Waals surface area contributed by atoms with Gasteiger partial charge in [-0.05, 0) is 12.1 Å². The molecule has 0 aliphatic carbocycles. The first kappa shape index (κ1) is 12.5. The number of ether oxygens (including phenoxy) is 1. The summed E-state index contributed by atoms with van der Waals surface area (Å²) < 4.78 is 5.74. The molecule has 1 atom stereocenters. The molecule has 1 fully saturated rings. The van der Waals surface area contributed by atoms with Crippen LogP contribution in [0.4, 0.5) is 11.4 Å². The van der Waals surface area contributed by atoms with Gasteiger partial charge in [0.05, 0.1) is 5.69 Å². The van der Waals surface area contributed by atoms with E-state index in [2.05, 4.69) is 0 Å². The van der Waals surface area contributed by atoms with Gasteiger partial charge in [0, 0.05) is 45.9 Å². The third kappa shape index (κ3) is 2.34. The Morgan fingerprint density at radius 2 is 2.17 bits per heavy atom. The lowest BCUT2D eigenvalue weighted by molar-refractivity contribution is -0.132. The van der Waals surface area contributed by atoms with Crippen LogP contribution >= 0.6 is 0 Å². The molecule has 0 saturated carbocycles. The molecule has 1 aromatic carbocycles. The third-order valence-electron chi connectivity index (χ3n) is 3.16. The van der Waals surface area contributed by atoms with Crippen molar-refractivity contribution in [1.29, 1.82) is 0 Å². The summed E-state index contributed by atoms with van der Waals surface area (Å²) in [6.45, 7) is 0.733. The topological polar surface area (TPSA) is 58.8 Å². The van der Waals surface area contributed by atoms with Crippen LogP contribution in [0, 0.1) is 0 Å². The molecule has 2 rings (SSSR count). The zero-order chi connectivity index (χ0) is 13.3. The van der Waals surface area contributed by atoms with Crippen molar-refractivity contribution in [3.63, 3.8) is 0 Å². The van der Waals surface area contributed by atoms with Gasteiger partial charge in [0.15, 0.2) is 6.10 Å². The highest BCUT2D eigenvalue weighted by Gasteiger charge is 2.31. The molecule has 0 spiro atoms. The minimum atomic E-state index is -0.408. The van der Waals surface area contributed by atoms with E-state index in [1.165, 1.54) is 0 Å². The zero-order valence-electron chi connectivity index (χ0n) is 11.0. The lowest BCUT2D eigenvalue weighted by atomic mass is 10.2. The Hall–Kier alpha value is -1.91. The Kier molecular flexibility index (Phi) is 3.32. The first-order chi connectivity index (χ1) is 8.49. The number of likely N-dealkylation sites (N-methyl/N-ethyl adjacent to an activating group) is 1. The predicted octanol–water partition coefficient (Wildman–Crippen LogP) is 0.944. The summed E-state index contributed by atoms with van der Waals surface area (Å²) in [6.07, 6.45) is 0.302. The lowest BCUT2D eigenvalue weighted by Gasteiger charge is -2.18. The van der Waals surface area contributed by atoms with Crippen molar-refractivity contribution in [3.8, 4) is 5.75 Å². The molecule has 5 nitrogen and oxygen atoms in total. The summed E-state index contributed by atoms with van der Waals surface area (Å²) in [4.78, 5) is 15.4. The highest BCUT2D eigenvalue weighted by atomic mass is 16.5. The number of anilines is 2. The maximum atomic E-state index is 11.8. The molecule has 98 valence electrons. The number of nitrogen functional groups attached to an aromatic ring is 1. The number of nitrogens with zero attached hydrogens (tertiary/aromatic N) is 2. The quantitative estimate of drug-likeness (QED) is 0.810. The normalized spacial score (nSPS) is 19.2. The summed E-state index contributed by atoms with van der Waals surface area (Å²) in [5, 5.41) is 0. The molecule has 1 heterocycles. The predicted molar refractivity (Wildman–Crippen MR) is 71.9 cm³/mol. The van der Waals surface area contributed by atoms with Crippen LogP contribution < -0.4 is 15.4 Å². The molecule has 0 bridgehead atoms. The van der Waals surface area contributed by atoms with Crippen LogP contribution in [0.5, 0.6) is 5.75 Å². The van der Waals surface area contributed by atoms with Crippen LogP contribution in [-0.2, 0) is 4.79 Å². The average Bonchev–Trinajstić information content (AvgIpc) is 2.63. The van der Waals surface area contributed by atoms with E-state index in [1.807, 2.05) is 31.1 Å². The fourth-order valence-electron chi connectivity index (χ4n) is 1.96. The summed E-state index contributed by atoms with van der Waals surface area (Å²) in [6, 6.07) is 5.58.